The van der Waals surface area contributed by atoms with Gasteiger partial charge in [-0.1, -0.05) is 17.8 Å². The molecule has 0 aliphatic rings. The van der Waals surface area contributed by atoms with Crippen LogP contribution in [0.25, 0.3) is 15.9 Å². The smallest absolute Gasteiger partial charge is 0.276 e. The van der Waals surface area contributed by atoms with Gasteiger partial charge in [-0.25, -0.2) is 4.98 Å². The van der Waals surface area contributed by atoms with Crippen LogP contribution in [0.3, 0.4) is 0 Å². The molecule has 0 saturated heterocycles. The van der Waals surface area contributed by atoms with Gasteiger partial charge in [0.2, 0.25) is 5.91 Å². The van der Waals surface area contributed by atoms with Gasteiger partial charge in [0.05, 0.1) is 36.9 Å². The van der Waals surface area contributed by atoms with Gasteiger partial charge in [-0.3, -0.25) is 14.2 Å². The Hall–Kier alpha value is -3.30. The Balaban J connectivity index is 1.65. The summed E-state index contributed by atoms with van der Waals surface area (Å²) < 4.78 is 12.7. The van der Waals surface area contributed by atoms with Gasteiger partial charge in [-0.2, -0.15) is 0 Å². The molecule has 7 nitrogen and oxygen atoms in total. The van der Waals surface area contributed by atoms with Crippen LogP contribution < -0.4 is 20.3 Å². The zero-order valence-electron chi connectivity index (χ0n) is 18.7. The van der Waals surface area contributed by atoms with E-state index in [1.807, 2.05) is 43.5 Å². The lowest BCUT2D eigenvalue weighted by Crippen LogP contribution is -2.22. The van der Waals surface area contributed by atoms with Crippen molar-refractivity contribution in [1.82, 2.24) is 9.55 Å². The number of hydrogen-bond donors (Lipinski definition) is 1. The van der Waals surface area contributed by atoms with Crippen LogP contribution in [0.2, 0.25) is 0 Å². The van der Waals surface area contributed by atoms with Gasteiger partial charge in [0, 0.05) is 6.07 Å². The third kappa shape index (κ3) is 4.89. The number of aryl methyl sites for hydroxylation is 2. The number of nitrogens with one attached hydrogen (secondary N) is 1. The molecule has 2 aromatic carbocycles. The van der Waals surface area contributed by atoms with Crippen LogP contribution in [0.15, 0.2) is 57.8 Å². The van der Waals surface area contributed by atoms with Crippen molar-refractivity contribution in [1.29, 1.82) is 0 Å². The largest absolute Gasteiger partial charge is 0.497 e. The normalized spacial score (nSPS) is 10.9. The van der Waals surface area contributed by atoms with Gasteiger partial charge in [0.15, 0.2) is 5.16 Å². The number of nitrogens with zero attached hydrogens (tertiary/aromatic N) is 2. The van der Waals surface area contributed by atoms with Crippen molar-refractivity contribution in [3.05, 3.63) is 69.3 Å². The molecule has 0 saturated carbocycles. The Bertz CT molecular complexity index is 1370. The number of amides is 1. The molecule has 1 N–H and O–H groups in total. The maximum atomic E-state index is 13.3. The number of aromatic nitrogens is 2. The van der Waals surface area contributed by atoms with E-state index in [1.54, 1.807) is 29.9 Å². The van der Waals surface area contributed by atoms with Crippen molar-refractivity contribution in [2.75, 3.05) is 25.3 Å². The highest BCUT2D eigenvalue weighted by Gasteiger charge is 2.17. The molecule has 0 fully saturated rings. The molecule has 0 spiro atoms. The standard InChI is InChI=1S/C24H23N3O4S2/c1-14-9-15(2)11-16(10-14)27-23(29)22-18(7-8-32-22)26-24(27)33-13-21(28)25-19-12-17(30-3)5-6-20(19)31-4/h5-12H,13H2,1-4H3,(H,25,28). The second-order valence-corrected chi connectivity index (χ2v) is 9.28. The van der Waals surface area contributed by atoms with E-state index < -0.39 is 0 Å². The maximum Gasteiger partial charge on any atom is 0.276 e. The lowest BCUT2D eigenvalue weighted by molar-refractivity contribution is -0.113. The van der Waals surface area contributed by atoms with E-state index in [2.05, 4.69) is 10.3 Å². The molecule has 33 heavy (non-hydrogen) atoms. The highest BCUT2D eigenvalue weighted by atomic mass is 32.2. The minimum Gasteiger partial charge on any atom is -0.497 e. The predicted molar refractivity (Wildman–Crippen MR) is 134 cm³/mol. The summed E-state index contributed by atoms with van der Waals surface area (Å²) >= 11 is 2.57. The highest BCUT2D eigenvalue weighted by Crippen LogP contribution is 2.30. The van der Waals surface area contributed by atoms with Gasteiger partial charge in [-0.15, -0.1) is 11.3 Å². The second kappa shape index (κ2) is 9.68. The number of rotatable bonds is 7. The molecule has 4 aromatic rings. The maximum absolute atomic E-state index is 13.3. The summed E-state index contributed by atoms with van der Waals surface area (Å²) in [5, 5.41) is 5.16. The van der Waals surface area contributed by atoms with Crippen molar-refractivity contribution in [2.24, 2.45) is 0 Å². The fourth-order valence-corrected chi connectivity index (χ4v) is 5.10. The Morgan fingerprint density at radius 2 is 1.85 bits per heavy atom. The lowest BCUT2D eigenvalue weighted by atomic mass is 10.1. The number of carbonyl (C=O) groups is 1. The van der Waals surface area contributed by atoms with E-state index in [1.165, 1.54) is 30.2 Å². The molecule has 2 heterocycles. The van der Waals surface area contributed by atoms with Crippen molar-refractivity contribution in [3.63, 3.8) is 0 Å². The number of thioether (sulfide) groups is 1. The molecule has 170 valence electrons. The summed E-state index contributed by atoms with van der Waals surface area (Å²) in [5.41, 5.74) is 3.82. The van der Waals surface area contributed by atoms with Crippen molar-refractivity contribution < 1.29 is 14.3 Å². The van der Waals surface area contributed by atoms with Crippen molar-refractivity contribution >= 4 is 44.9 Å². The van der Waals surface area contributed by atoms with Gasteiger partial charge in [0.25, 0.3) is 5.56 Å². The zero-order chi connectivity index (χ0) is 23.5. The van der Waals surface area contributed by atoms with E-state index >= 15 is 0 Å². The molecular formula is C24H23N3O4S2. The molecule has 2 aromatic heterocycles. The molecule has 9 heteroatoms. The molecule has 0 unspecified atom stereocenters. The van der Waals surface area contributed by atoms with Crippen LogP contribution in [-0.4, -0.2) is 35.4 Å². The SMILES string of the molecule is COc1ccc(OC)c(NC(=O)CSc2nc3ccsc3c(=O)n2-c2cc(C)cc(C)c2)c1. The Kier molecular flexibility index (Phi) is 6.71. The minimum atomic E-state index is -0.252. The number of hydrogen-bond acceptors (Lipinski definition) is 7. The summed E-state index contributed by atoms with van der Waals surface area (Å²) in [6, 6.07) is 12.9. The van der Waals surface area contributed by atoms with Gasteiger partial charge in [0.1, 0.15) is 16.2 Å². The van der Waals surface area contributed by atoms with Gasteiger partial charge in [-0.05, 0) is 60.7 Å². The molecule has 0 atom stereocenters. The molecule has 4 rings (SSSR count). The van der Waals surface area contributed by atoms with Crippen LogP contribution in [0, 0.1) is 13.8 Å². The topological polar surface area (TPSA) is 82.5 Å². The van der Waals surface area contributed by atoms with Crippen LogP contribution >= 0.6 is 23.1 Å². The molecule has 1 amide bonds. The first-order valence-electron chi connectivity index (χ1n) is 10.1. The number of ether oxygens (including phenoxy) is 2. The summed E-state index contributed by atoms with van der Waals surface area (Å²) in [7, 11) is 3.09. The molecule has 0 aliphatic carbocycles. The average Bonchev–Trinajstić information content (AvgIpc) is 3.26. The first kappa shape index (κ1) is 22.9. The number of methoxy groups -OCH3 is 2. The Morgan fingerprint density at radius 1 is 1.09 bits per heavy atom. The van der Waals surface area contributed by atoms with E-state index in [-0.39, 0.29) is 17.2 Å². The van der Waals surface area contributed by atoms with E-state index in [0.717, 1.165) is 16.8 Å². The molecule has 0 bridgehead atoms. The fraction of sp³-hybridized carbons (Fsp3) is 0.208. The summed E-state index contributed by atoms with van der Waals surface area (Å²) in [6.45, 7) is 3.97. The molecule has 0 aliphatic heterocycles. The third-order valence-electron chi connectivity index (χ3n) is 4.93. The first-order valence-corrected chi connectivity index (χ1v) is 12.0. The van der Waals surface area contributed by atoms with Crippen LogP contribution in [-0.2, 0) is 4.79 Å². The Morgan fingerprint density at radius 3 is 2.55 bits per heavy atom. The summed E-state index contributed by atoms with van der Waals surface area (Å²) in [6.07, 6.45) is 0. The summed E-state index contributed by atoms with van der Waals surface area (Å²) in [4.78, 5) is 30.8. The lowest BCUT2D eigenvalue weighted by Gasteiger charge is -2.14. The van der Waals surface area contributed by atoms with Gasteiger partial charge < -0.3 is 14.8 Å². The number of thiophene rings is 1. The van der Waals surface area contributed by atoms with Crippen molar-refractivity contribution in [2.45, 2.75) is 19.0 Å². The predicted octanol–water partition coefficient (Wildman–Crippen LogP) is 4.81. The highest BCUT2D eigenvalue weighted by molar-refractivity contribution is 7.99. The van der Waals surface area contributed by atoms with Crippen LogP contribution in [0.5, 0.6) is 11.5 Å². The first-order chi connectivity index (χ1) is 15.9. The molecular weight excluding hydrogens is 458 g/mol. The monoisotopic (exact) mass is 481 g/mol. The summed E-state index contributed by atoms with van der Waals surface area (Å²) in [5.74, 6) is 0.942. The minimum absolute atomic E-state index is 0.0627. The number of benzene rings is 2. The van der Waals surface area contributed by atoms with Crippen LogP contribution in [0.4, 0.5) is 5.69 Å². The second-order valence-electron chi connectivity index (χ2n) is 7.42. The quantitative estimate of drug-likeness (QED) is 0.301. The zero-order valence-corrected chi connectivity index (χ0v) is 20.3. The van der Waals surface area contributed by atoms with E-state index in [0.29, 0.717) is 32.6 Å². The molecule has 0 radical (unpaired) electrons. The average molecular weight is 482 g/mol. The Labute approximate surface area is 199 Å². The van der Waals surface area contributed by atoms with Crippen molar-refractivity contribution in [3.8, 4) is 17.2 Å². The van der Waals surface area contributed by atoms with E-state index in [9.17, 15) is 9.59 Å². The number of carbonyl (C=O) groups excluding carboxylic acids is 1. The fourth-order valence-electron chi connectivity index (χ4n) is 3.52. The third-order valence-corrected chi connectivity index (χ3v) is 6.76. The number of fused-ring (bicyclic) bond motifs is 1. The van der Waals surface area contributed by atoms with Crippen LogP contribution in [0.1, 0.15) is 11.1 Å². The van der Waals surface area contributed by atoms with Gasteiger partial charge >= 0.3 is 0 Å². The number of anilines is 1. The van der Waals surface area contributed by atoms with E-state index in [4.69, 9.17) is 9.47 Å².